The predicted molar refractivity (Wildman–Crippen MR) is 213 cm³/mol. The number of fused-ring (bicyclic) bond motifs is 2. The van der Waals surface area contributed by atoms with Crippen molar-refractivity contribution >= 4 is 46.6 Å². The molecule has 14 nitrogen and oxygen atoms in total. The van der Waals surface area contributed by atoms with Gasteiger partial charge in [0.05, 0.1) is 24.1 Å². The number of hydrogen-bond acceptors (Lipinski definition) is 11. The maximum absolute atomic E-state index is 15.3. The molecule has 3 aliphatic rings. The van der Waals surface area contributed by atoms with Crippen LogP contribution in [0.4, 0.5) is 22.8 Å². The summed E-state index contributed by atoms with van der Waals surface area (Å²) in [4.78, 5) is 53.1. The van der Waals surface area contributed by atoms with E-state index in [2.05, 4.69) is 10.1 Å². The fourth-order valence-electron chi connectivity index (χ4n) is 7.23. The van der Waals surface area contributed by atoms with Crippen molar-refractivity contribution in [1.29, 1.82) is 0 Å². The summed E-state index contributed by atoms with van der Waals surface area (Å²) in [6, 6.07) is 4.14. The number of aromatic nitrogens is 3. The average Bonchev–Trinajstić information content (AvgIpc) is 3.77. The Labute approximate surface area is 350 Å². The SMILES string of the molecule is COc1cccc(CN(C(=O)C2=C(c3cnc(OCCOc4nn(C)c(C(F)(F)F)c4Cl)s3)CC3CN(C(=O)OC(C)(C)C)C[C@H]2N3C(=O)OC(C)(C)C)C2CC2)c1C. The molecule has 4 heterocycles. The monoisotopic (exact) mass is 866 g/mol. The Bertz CT molecular complexity index is 2100. The number of aryl methyl sites for hydroxylation is 1. The number of amides is 3. The lowest BCUT2D eigenvalue weighted by Crippen LogP contribution is -2.66. The standard InChI is InChI=1S/C40H50ClF3N6O8S/c1-22-23(11-10-12-28(22)54-9)19-49(24-13-14-24)34(51)30-26(29-18-45-35(59-29)56-16-15-55-33-31(41)32(40(42,43)44)47(8)46-33)17-25-20-48(36(52)57-38(2,3)4)21-27(30)50(25)37(53)58-39(5,6)7/h10-12,18,24-25,27H,13-17,19-21H2,1-9H3/t25?,27-/m1/s1. The summed E-state index contributed by atoms with van der Waals surface area (Å²) in [5.41, 5.74) is 0.0296. The van der Waals surface area contributed by atoms with Crippen LogP contribution < -0.4 is 14.2 Å². The molecule has 3 amide bonds. The molecule has 0 spiro atoms. The fourth-order valence-corrected chi connectivity index (χ4v) is 8.41. The van der Waals surface area contributed by atoms with Crippen molar-refractivity contribution in [3.05, 3.63) is 56.7 Å². The van der Waals surface area contributed by atoms with Gasteiger partial charge in [0.1, 0.15) is 35.2 Å². The van der Waals surface area contributed by atoms with E-state index in [9.17, 15) is 22.8 Å². The first-order valence-corrected chi connectivity index (χ1v) is 20.4. The van der Waals surface area contributed by atoms with Gasteiger partial charge in [0.25, 0.3) is 17.0 Å². The van der Waals surface area contributed by atoms with E-state index in [1.54, 1.807) is 64.6 Å². The lowest BCUT2D eigenvalue weighted by atomic mass is 9.83. The molecule has 1 aliphatic carbocycles. The number of benzene rings is 1. The number of nitrogens with zero attached hydrogens (tertiary/aromatic N) is 6. The molecule has 2 atom stereocenters. The van der Waals surface area contributed by atoms with Crippen LogP contribution in [-0.2, 0) is 34.0 Å². The molecule has 2 aliphatic heterocycles. The zero-order chi connectivity index (χ0) is 43.2. The van der Waals surface area contributed by atoms with Crippen LogP contribution >= 0.6 is 22.9 Å². The number of carbonyl (C=O) groups excluding carboxylic acids is 3. The number of thiazole rings is 1. The molecule has 1 aromatic carbocycles. The molecular weight excluding hydrogens is 817 g/mol. The van der Waals surface area contributed by atoms with Gasteiger partial charge in [-0.15, -0.1) is 5.10 Å². The van der Waals surface area contributed by atoms with Crippen LogP contribution in [-0.4, -0.2) is 110 Å². The highest BCUT2D eigenvalue weighted by atomic mass is 35.5. The predicted octanol–water partition coefficient (Wildman–Crippen LogP) is 7.90. The van der Waals surface area contributed by atoms with Crippen molar-refractivity contribution in [2.45, 2.75) is 110 Å². The van der Waals surface area contributed by atoms with Crippen molar-refractivity contribution < 1.29 is 51.2 Å². The van der Waals surface area contributed by atoms with Gasteiger partial charge in [-0.3, -0.25) is 14.4 Å². The Morgan fingerprint density at radius 3 is 2.25 bits per heavy atom. The zero-order valence-electron chi connectivity index (χ0n) is 34.6. The third kappa shape index (κ3) is 10.0. The molecule has 6 rings (SSSR count). The molecular formula is C40H50ClF3N6O8S. The molecule has 1 unspecified atom stereocenters. The van der Waals surface area contributed by atoms with E-state index in [0.717, 1.165) is 31.0 Å². The number of ether oxygens (including phenoxy) is 5. The van der Waals surface area contributed by atoms with Crippen LogP contribution in [0.1, 0.15) is 82.5 Å². The van der Waals surface area contributed by atoms with Gasteiger partial charge in [-0.2, -0.15) is 13.2 Å². The lowest BCUT2D eigenvalue weighted by molar-refractivity contribution is -0.143. The van der Waals surface area contributed by atoms with E-state index >= 15 is 4.79 Å². The number of rotatable bonds is 11. The molecule has 1 saturated heterocycles. The smallest absolute Gasteiger partial charge is 0.434 e. The van der Waals surface area contributed by atoms with Crippen molar-refractivity contribution in [2.24, 2.45) is 7.05 Å². The van der Waals surface area contributed by atoms with Crippen LogP contribution in [0.2, 0.25) is 5.02 Å². The van der Waals surface area contributed by atoms with Gasteiger partial charge in [-0.05, 0) is 90.5 Å². The molecule has 59 heavy (non-hydrogen) atoms. The average molecular weight is 867 g/mol. The van der Waals surface area contributed by atoms with Gasteiger partial charge in [0.2, 0.25) is 0 Å². The highest BCUT2D eigenvalue weighted by molar-refractivity contribution is 7.14. The van der Waals surface area contributed by atoms with Crippen LogP contribution in [0.3, 0.4) is 0 Å². The summed E-state index contributed by atoms with van der Waals surface area (Å²) < 4.78 is 69.3. The Hall–Kier alpha value is -4.71. The number of hydrogen-bond donors (Lipinski definition) is 0. The summed E-state index contributed by atoms with van der Waals surface area (Å²) in [5.74, 6) is 0.0214. The van der Waals surface area contributed by atoms with Crippen LogP contribution in [0.5, 0.6) is 16.8 Å². The zero-order valence-corrected chi connectivity index (χ0v) is 36.1. The van der Waals surface area contributed by atoms with Gasteiger partial charge in [0, 0.05) is 44.5 Å². The summed E-state index contributed by atoms with van der Waals surface area (Å²) in [6.07, 6.45) is -2.52. The summed E-state index contributed by atoms with van der Waals surface area (Å²) >= 11 is 7.10. The fraction of sp³-hybridized carbons (Fsp3) is 0.575. The van der Waals surface area contributed by atoms with Gasteiger partial charge < -0.3 is 33.5 Å². The molecule has 2 fully saturated rings. The van der Waals surface area contributed by atoms with Crippen LogP contribution in [0, 0.1) is 6.92 Å². The van der Waals surface area contributed by atoms with Gasteiger partial charge in [0.15, 0.2) is 5.69 Å². The molecule has 2 bridgehead atoms. The van der Waals surface area contributed by atoms with E-state index in [-0.39, 0.29) is 62.3 Å². The second-order valence-corrected chi connectivity index (χ2v) is 18.1. The number of piperazine rings is 1. The summed E-state index contributed by atoms with van der Waals surface area (Å²) in [5, 5.41) is 3.30. The molecule has 0 radical (unpaired) electrons. The topological polar surface area (TPSA) is 138 Å². The van der Waals surface area contributed by atoms with E-state index in [1.807, 2.05) is 30.0 Å². The first-order chi connectivity index (χ1) is 27.6. The molecule has 19 heteroatoms. The minimum Gasteiger partial charge on any atom is -0.496 e. The van der Waals surface area contributed by atoms with E-state index in [1.165, 1.54) is 11.3 Å². The Kier molecular flexibility index (Phi) is 12.4. The Morgan fingerprint density at radius 1 is 0.983 bits per heavy atom. The maximum Gasteiger partial charge on any atom is 0.434 e. The minimum atomic E-state index is -4.72. The quantitative estimate of drug-likeness (QED) is 0.175. The number of methoxy groups -OCH3 is 1. The normalized spacial score (nSPS) is 18.5. The van der Waals surface area contributed by atoms with E-state index in [4.69, 9.17) is 35.3 Å². The number of carbonyl (C=O) groups is 3. The van der Waals surface area contributed by atoms with Crippen molar-refractivity contribution in [3.8, 4) is 16.8 Å². The third-order valence-corrected chi connectivity index (χ3v) is 11.2. The van der Waals surface area contributed by atoms with Crippen LogP contribution in [0.25, 0.3) is 5.57 Å². The Balaban J connectivity index is 1.36. The van der Waals surface area contributed by atoms with Crippen molar-refractivity contribution in [2.75, 3.05) is 33.4 Å². The minimum absolute atomic E-state index is 0.0302. The first kappa shape index (κ1) is 43.9. The number of alkyl halides is 3. The molecule has 1 saturated carbocycles. The van der Waals surface area contributed by atoms with E-state index in [0.29, 0.717) is 26.5 Å². The van der Waals surface area contributed by atoms with Crippen LogP contribution in [0.15, 0.2) is 30.0 Å². The highest BCUT2D eigenvalue weighted by Crippen LogP contribution is 2.44. The lowest BCUT2D eigenvalue weighted by Gasteiger charge is -2.51. The Morgan fingerprint density at radius 2 is 1.64 bits per heavy atom. The molecule has 3 aromatic rings. The van der Waals surface area contributed by atoms with Crippen molar-refractivity contribution in [3.63, 3.8) is 0 Å². The van der Waals surface area contributed by atoms with Gasteiger partial charge in [-0.1, -0.05) is 35.1 Å². The third-order valence-electron chi connectivity index (χ3n) is 9.90. The molecule has 0 N–H and O–H groups in total. The summed E-state index contributed by atoms with van der Waals surface area (Å²) in [7, 11) is 2.72. The summed E-state index contributed by atoms with van der Waals surface area (Å²) in [6.45, 7) is 12.6. The first-order valence-electron chi connectivity index (χ1n) is 19.2. The molecule has 322 valence electrons. The maximum atomic E-state index is 15.3. The number of halogens is 4. The highest BCUT2D eigenvalue weighted by Gasteiger charge is 2.51. The second kappa shape index (κ2) is 16.7. The van der Waals surface area contributed by atoms with Gasteiger partial charge >= 0.3 is 18.4 Å². The van der Waals surface area contributed by atoms with Gasteiger partial charge in [-0.25, -0.2) is 14.6 Å². The van der Waals surface area contributed by atoms with E-state index < -0.39 is 52.4 Å². The second-order valence-electron chi connectivity index (χ2n) is 16.7. The largest absolute Gasteiger partial charge is 0.496 e. The molecule has 2 aromatic heterocycles. The van der Waals surface area contributed by atoms with Crippen molar-refractivity contribution in [1.82, 2.24) is 29.5 Å².